The molecular formula is C16H26O7. The summed E-state index contributed by atoms with van der Waals surface area (Å²) in [5.74, 6) is -1.01. The van der Waals surface area contributed by atoms with Crippen LogP contribution in [0.25, 0.3) is 0 Å². The molecule has 132 valence electrons. The Balaban J connectivity index is 2.81. The molecule has 1 aliphatic heterocycles. The summed E-state index contributed by atoms with van der Waals surface area (Å²) in [6.07, 6.45) is 1.22. The van der Waals surface area contributed by atoms with Gasteiger partial charge in [0.1, 0.15) is 12.7 Å². The minimum Gasteiger partial charge on any atom is -0.490 e. The van der Waals surface area contributed by atoms with E-state index in [9.17, 15) is 14.7 Å². The molecule has 2 atom stereocenters. The third-order valence-corrected chi connectivity index (χ3v) is 3.21. The maximum absolute atomic E-state index is 12.0. The van der Waals surface area contributed by atoms with E-state index < -0.39 is 24.1 Å². The fourth-order valence-corrected chi connectivity index (χ4v) is 1.92. The molecule has 0 saturated carbocycles. The smallest absolute Gasteiger partial charge is 0.378 e. The van der Waals surface area contributed by atoms with E-state index in [1.165, 1.54) is 6.92 Å². The normalized spacial score (nSPS) is 18.6. The minimum absolute atomic E-state index is 0.00132. The number of aliphatic hydroxyl groups excluding tert-OH is 1. The van der Waals surface area contributed by atoms with Gasteiger partial charge in [0.05, 0.1) is 13.2 Å². The Labute approximate surface area is 136 Å². The van der Waals surface area contributed by atoms with E-state index in [0.717, 1.165) is 25.7 Å². The van der Waals surface area contributed by atoms with Crippen molar-refractivity contribution < 1.29 is 33.6 Å². The van der Waals surface area contributed by atoms with Crippen molar-refractivity contribution in [3.05, 3.63) is 11.5 Å². The second-order valence-corrected chi connectivity index (χ2v) is 5.29. The zero-order valence-electron chi connectivity index (χ0n) is 14.0. The number of rotatable bonds is 11. The molecule has 0 unspecified atom stereocenters. The molecule has 1 aliphatic rings. The lowest BCUT2D eigenvalue weighted by Gasteiger charge is -2.19. The zero-order chi connectivity index (χ0) is 17.2. The van der Waals surface area contributed by atoms with E-state index in [4.69, 9.17) is 18.9 Å². The van der Waals surface area contributed by atoms with Crippen molar-refractivity contribution in [3.63, 3.8) is 0 Å². The second kappa shape index (κ2) is 10.1. The number of esters is 2. The molecule has 0 saturated heterocycles. The number of hydrogen-bond donors (Lipinski definition) is 1. The van der Waals surface area contributed by atoms with Gasteiger partial charge in [-0.05, 0) is 12.8 Å². The third-order valence-electron chi connectivity index (χ3n) is 3.21. The lowest BCUT2D eigenvalue weighted by atomic mass is 10.2. The summed E-state index contributed by atoms with van der Waals surface area (Å²) in [5.41, 5.74) is 0. The van der Waals surface area contributed by atoms with E-state index in [0.29, 0.717) is 13.2 Å². The monoisotopic (exact) mass is 330 g/mol. The number of carbonyl (C=O) groups is 2. The lowest BCUT2D eigenvalue weighted by Crippen LogP contribution is -2.34. The van der Waals surface area contributed by atoms with Gasteiger partial charge < -0.3 is 24.1 Å². The van der Waals surface area contributed by atoms with Crippen molar-refractivity contribution in [2.24, 2.45) is 0 Å². The number of aliphatic hydroxyl groups is 1. The van der Waals surface area contributed by atoms with Crippen molar-refractivity contribution in [3.8, 4) is 0 Å². The highest BCUT2D eigenvalue weighted by Gasteiger charge is 2.42. The van der Waals surface area contributed by atoms with Gasteiger partial charge in [0.15, 0.2) is 11.9 Å². The summed E-state index contributed by atoms with van der Waals surface area (Å²) in [7, 11) is 0. The first-order chi connectivity index (χ1) is 11.0. The quantitative estimate of drug-likeness (QED) is 0.455. The van der Waals surface area contributed by atoms with Crippen LogP contribution in [0, 0.1) is 0 Å². The summed E-state index contributed by atoms with van der Waals surface area (Å²) in [6, 6.07) is 0. The molecule has 1 heterocycles. The molecule has 1 N–H and O–H groups in total. The zero-order valence-corrected chi connectivity index (χ0v) is 14.0. The maximum Gasteiger partial charge on any atom is 0.378 e. The van der Waals surface area contributed by atoms with Gasteiger partial charge in [0.2, 0.25) is 5.76 Å². The van der Waals surface area contributed by atoms with Gasteiger partial charge in [0.25, 0.3) is 0 Å². The SMILES string of the molecule is CCCCOC1=C(OCCCC)[C@@H]([C@@H](O)COC(C)=O)OC1=O. The van der Waals surface area contributed by atoms with E-state index in [1.807, 2.05) is 13.8 Å². The third kappa shape index (κ3) is 6.09. The van der Waals surface area contributed by atoms with Gasteiger partial charge in [-0.2, -0.15) is 0 Å². The van der Waals surface area contributed by atoms with Gasteiger partial charge in [-0.3, -0.25) is 4.79 Å². The van der Waals surface area contributed by atoms with Crippen LogP contribution in [-0.4, -0.2) is 49.1 Å². The van der Waals surface area contributed by atoms with E-state index in [-0.39, 0.29) is 18.1 Å². The van der Waals surface area contributed by atoms with Crippen molar-refractivity contribution in [1.82, 2.24) is 0 Å². The number of unbranched alkanes of at least 4 members (excludes halogenated alkanes) is 2. The van der Waals surface area contributed by atoms with E-state index in [1.54, 1.807) is 0 Å². The van der Waals surface area contributed by atoms with Crippen LogP contribution >= 0.6 is 0 Å². The van der Waals surface area contributed by atoms with Gasteiger partial charge in [0, 0.05) is 6.92 Å². The van der Waals surface area contributed by atoms with Crippen LogP contribution in [0.5, 0.6) is 0 Å². The Kier molecular flexibility index (Phi) is 8.47. The van der Waals surface area contributed by atoms with Crippen LogP contribution in [0.4, 0.5) is 0 Å². The average Bonchev–Trinajstić information content (AvgIpc) is 2.82. The molecule has 0 aromatic carbocycles. The standard InChI is InChI=1S/C16H26O7/c1-4-6-8-20-14-13(12(18)10-22-11(3)17)23-16(19)15(14)21-9-7-5-2/h12-13,18H,4-10H2,1-3H3/t12-,13+/m0/s1. The first-order valence-corrected chi connectivity index (χ1v) is 8.03. The molecule has 7 heteroatoms. The Morgan fingerprint density at radius 2 is 1.83 bits per heavy atom. The fourth-order valence-electron chi connectivity index (χ4n) is 1.92. The highest BCUT2D eigenvalue weighted by Crippen LogP contribution is 2.28. The second-order valence-electron chi connectivity index (χ2n) is 5.29. The van der Waals surface area contributed by atoms with Crippen molar-refractivity contribution >= 4 is 11.9 Å². The minimum atomic E-state index is -1.20. The van der Waals surface area contributed by atoms with Crippen molar-refractivity contribution in [2.75, 3.05) is 19.8 Å². The molecule has 1 rings (SSSR count). The number of ether oxygens (including phenoxy) is 4. The van der Waals surface area contributed by atoms with Crippen molar-refractivity contribution in [1.29, 1.82) is 0 Å². The van der Waals surface area contributed by atoms with E-state index >= 15 is 0 Å². The Hall–Kier alpha value is -1.76. The molecule has 0 radical (unpaired) electrons. The summed E-state index contributed by atoms with van der Waals surface area (Å²) in [4.78, 5) is 22.8. The number of cyclic esters (lactones) is 1. The summed E-state index contributed by atoms with van der Waals surface area (Å²) in [6.45, 7) is 5.74. The largest absolute Gasteiger partial charge is 0.490 e. The molecule has 0 aliphatic carbocycles. The van der Waals surface area contributed by atoms with Gasteiger partial charge in [-0.15, -0.1) is 0 Å². The van der Waals surface area contributed by atoms with Gasteiger partial charge >= 0.3 is 11.9 Å². The molecule has 23 heavy (non-hydrogen) atoms. The lowest BCUT2D eigenvalue weighted by molar-refractivity contribution is -0.153. The fraction of sp³-hybridized carbons (Fsp3) is 0.750. The summed E-state index contributed by atoms with van der Waals surface area (Å²) < 4.78 is 21.0. The highest BCUT2D eigenvalue weighted by atomic mass is 16.6. The van der Waals surface area contributed by atoms with Gasteiger partial charge in [-0.1, -0.05) is 26.7 Å². The molecule has 0 aromatic heterocycles. The van der Waals surface area contributed by atoms with Crippen LogP contribution in [0.3, 0.4) is 0 Å². The molecule has 0 fully saturated rings. The van der Waals surface area contributed by atoms with Crippen LogP contribution in [0.15, 0.2) is 11.5 Å². The molecule has 7 nitrogen and oxygen atoms in total. The predicted molar refractivity (Wildman–Crippen MR) is 81.3 cm³/mol. The van der Waals surface area contributed by atoms with Crippen LogP contribution in [0.1, 0.15) is 46.5 Å². The maximum atomic E-state index is 12.0. The Morgan fingerprint density at radius 1 is 1.22 bits per heavy atom. The topological polar surface area (TPSA) is 91.3 Å². The van der Waals surface area contributed by atoms with Gasteiger partial charge in [-0.25, -0.2) is 4.79 Å². The van der Waals surface area contributed by atoms with Crippen LogP contribution in [-0.2, 0) is 28.5 Å². The molecular weight excluding hydrogens is 304 g/mol. The Bertz CT molecular complexity index is 430. The van der Waals surface area contributed by atoms with Crippen molar-refractivity contribution in [2.45, 2.75) is 58.7 Å². The number of hydrogen-bond acceptors (Lipinski definition) is 7. The van der Waals surface area contributed by atoms with Crippen LogP contribution in [0.2, 0.25) is 0 Å². The molecule has 0 amide bonds. The summed E-state index contributed by atoms with van der Waals surface area (Å²) >= 11 is 0. The predicted octanol–water partition coefficient (Wildman–Crippen LogP) is 1.68. The van der Waals surface area contributed by atoms with E-state index in [2.05, 4.69) is 0 Å². The first-order valence-electron chi connectivity index (χ1n) is 8.03. The first kappa shape index (κ1) is 19.3. The number of carbonyl (C=O) groups excluding carboxylic acids is 2. The average molecular weight is 330 g/mol. The highest BCUT2D eigenvalue weighted by molar-refractivity contribution is 5.89. The molecule has 0 aromatic rings. The Morgan fingerprint density at radius 3 is 2.39 bits per heavy atom. The molecule has 0 bridgehead atoms. The summed E-state index contributed by atoms with van der Waals surface area (Å²) in [5, 5.41) is 10.1. The molecule has 0 spiro atoms. The van der Waals surface area contributed by atoms with Crippen LogP contribution < -0.4 is 0 Å².